The third-order valence-electron chi connectivity index (χ3n) is 3.86. The van der Waals surface area contributed by atoms with Gasteiger partial charge in [-0.2, -0.15) is 0 Å². The molecule has 2 fully saturated rings. The summed E-state index contributed by atoms with van der Waals surface area (Å²) in [6.07, 6.45) is 3.70. The van der Waals surface area contributed by atoms with E-state index in [0.717, 1.165) is 25.5 Å². The average molecular weight is 305 g/mol. The minimum atomic E-state index is -3.28. The Kier molecular flexibility index (Phi) is 4.71. The molecule has 1 amide bonds. The number of sulfone groups is 1. The molecule has 2 atom stereocenters. The zero-order chi connectivity index (χ0) is 14.8. The average Bonchev–Trinajstić information content (AvgIpc) is 2.70. The molecule has 0 N–H and O–H groups in total. The van der Waals surface area contributed by atoms with Crippen molar-refractivity contribution in [1.29, 1.82) is 0 Å². The van der Waals surface area contributed by atoms with Gasteiger partial charge in [0.1, 0.15) is 5.75 Å². The van der Waals surface area contributed by atoms with Crippen molar-refractivity contribution in [3.05, 3.63) is 0 Å². The lowest BCUT2D eigenvalue weighted by molar-refractivity contribution is -0.136. The quantitative estimate of drug-likeness (QED) is 0.743. The van der Waals surface area contributed by atoms with E-state index in [-0.39, 0.29) is 17.6 Å². The monoisotopic (exact) mass is 305 g/mol. The van der Waals surface area contributed by atoms with Crippen molar-refractivity contribution in [1.82, 2.24) is 4.90 Å². The molecule has 0 bridgehead atoms. The van der Waals surface area contributed by atoms with E-state index < -0.39 is 15.6 Å². The molecule has 2 aliphatic rings. The van der Waals surface area contributed by atoms with E-state index in [2.05, 4.69) is 0 Å². The third-order valence-corrected chi connectivity index (χ3v) is 4.63. The highest BCUT2D eigenvalue weighted by atomic mass is 32.2. The van der Waals surface area contributed by atoms with E-state index >= 15 is 0 Å². The van der Waals surface area contributed by atoms with Crippen LogP contribution in [0, 0.1) is 0 Å². The Balaban J connectivity index is 1.97. The predicted octanol–water partition coefficient (Wildman–Crippen LogP) is 0.218. The zero-order valence-electron chi connectivity index (χ0n) is 12.1. The van der Waals surface area contributed by atoms with Crippen LogP contribution in [-0.4, -0.2) is 69.2 Å². The Morgan fingerprint density at radius 3 is 2.90 bits per heavy atom. The number of rotatable bonds is 4. The second kappa shape index (κ2) is 5.99. The number of hydrogen-bond donors (Lipinski definition) is 0. The maximum absolute atomic E-state index is 12.0. The molecule has 116 valence electrons. The highest BCUT2D eigenvalue weighted by molar-refractivity contribution is 7.91. The topological polar surface area (TPSA) is 72.9 Å². The molecule has 0 radical (unpaired) electrons. The van der Waals surface area contributed by atoms with Crippen LogP contribution in [0.5, 0.6) is 0 Å². The van der Waals surface area contributed by atoms with Crippen molar-refractivity contribution < 1.29 is 22.7 Å². The van der Waals surface area contributed by atoms with Gasteiger partial charge in [0.2, 0.25) is 5.91 Å². The van der Waals surface area contributed by atoms with Gasteiger partial charge >= 0.3 is 0 Å². The van der Waals surface area contributed by atoms with Crippen LogP contribution in [0.1, 0.15) is 26.2 Å². The van der Waals surface area contributed by atoms with E-state index in [1.807, 2.05) is 6.92 Å². The number of piperidine rings is 1. The van der Waals surface area contributed by atoms with Crippen LogP contribution in [0.2, 0.25) is 0 Å². The molecular formula is C13H23NO5S. The molecule has 0 aromatic carbocycles. The van der Waals surface area contributed by atoms with Gasteiger partial charge in [0.15, 0.2) is 9.84 Å². The van der Waals surface area contributed by atoms with Crippen molar-refractivity contribution in [2.75, 3.05) is 38.3 Å². The van der Waals surface area contributed by atoms with Gasteiger partial charge in [-0.15, -0.1) is 0 Å². The van der Waals surface area contributed by atoms with Crippen molar-refractivity contribution in [3.63, 3.8) is 0 Å². The molecule has 20 heavy (non-hydrogen) atoms. The molecule has 0 saturated carbocycles. The minimum Gasteiger partial charge on any atom is -0.376 e. The van der Waals surface area contributed by atoms with E-state index in [0.29, 0.717) is 26.3 Å². The lowest BCUT2D eigenvalue weighted by Gasteiger charge is -2.39. The fourth-order valence-corrected chi connectivity index (χ4v) is 3.69. The summed E-state index contributed by atoms with van der Waals surface area (Å²) in [4.78, 5) is 13.6. The summed E-state index contributed by atoms with van der Waals surface area (Å²) in [5.41, 5.74) is -0.342. The Hall–Kier alpha value is -0.660. The number of amides is 1. The third kappa shape index (κ3) is 3.93. The van der Waals surface area contributed by atoms with Gasteiger partial charge in [-0.1, -0.05) is 0 Å². The zero-order valence-corrected chi connectivity index (χ0v) is 12.9. The predicted molar refractivity (Wildman–Crippen MR) is 74.2 cm³/mol. The van der Waals surface area contributed by atoms with E-state index in [4.69, 9.17) is 9.47 Å². The molecule has 0 aliphatic carbocycles. The Morgan fingerprint density at radius 2 is 2.25 bits per heavy atom. The summed E-state index contributed by atoms with van der Waals surface area (Å²) >= 11 is 0. The van der Waals surface area contributed by atoms with Crippen LogP contribution in [0.3, 0.4) is 0 Å². The summed E-state index contributed by atoms with van der Waals surface area (Å²) in [5.74, 6) is -0.743. The van der Waals surface area contributed by atoms with Gasteiger partial charge < -0.3 is 14.4 Å². The van der Waals surface area contributed by atoms with Crippen LogP contribution in [-0.2, 0) is 24.1 Å². The maximum atomic E-state index is 12.0. The molecule has 0 aromatic rings. The molecular weight excluding hydrogens is 282 g/mol. The lowest BCUT2D eigenvalue weighted by atomic mass is 9.89. The van der Waals surface area contributed by atoms with E-state index in [9.17, 15) is 13.2 Å². The first kappa shape index (κ1) is 15.7. The maximum Gasteiger partial charge on any atom is 0.237 e. The van der Waals surface area contributed by atoms with Gasteiger partial charge in [0.25, 0.3) is 0 Å². The number of carbonyl (C=O) groups excluding carboxylic acids is 1. The van der Waals surface area contributed by atoms with Gasteiger partial charge in [0.05, 0.1) is 18.3 Å². The van der Waals surface area contributed by atoms with Crippen molar-refractivity contribution in [2.45, 2.75) is 37.9 Å². The van der Waals surface area contributed by atoms with Crippen LogP contribution < -0.4 is 0 Å². The number of nitrogens with zero attached hydrogens (tertiary/aromatic N) is 1. The van der Waals surface area contributed by atoms with Gasteiger partial charge in [0, 0.05) is 32.4 Å². The van der Waals surface area contributed by atoms with Gasteiger partial charge in [-0.3, -0.25) is 4.79 Å². The second-order valence-corrected chi connectivity index (χ2v) is 7.90. The first-order valence-corrected chi connectivity index (χ1v) is 9.11. The summed E-state index contributed by atoms with van der Waals surface area (Å²) < 4.78 is 33.9. The van der Waals surface area contributed by atoms with E-state index in [1.54, 1.807) is 4.90 Å². The Bertz CT molecular complexity index is 463. The van der Waals surface area contributed by atoms with Crippen molar-refractivity contribution >= 4 is 15.7 Å². The van der Waals surface area contributed by atoms with Crippen LogP contribution >= 0.6 is 0 Å². The van der Waals surface area contributed by atoms with Crippen LogP contribution in [0.4, 0.5) is 0 Å². The normalized spacial score (nSPS) is 30.9. The first-order valence-electron chi connectivity index (χ1n) is 7.05. The second-order valence-electron chi connectivity index (χ2n) is 5.76. The molecule has 7 heteroatoms. The number of hydrogen-bond acceptors (Lipinski definition) is 5. The standard InChI is InChI=1S/C13H23NO5S/c1-3-18-11-7-13(19-8-11)5-4-6-14(10-13)12(15)9-20(2,16)17/h11H,3-10H2,1-2H3/t11-,13+/m0/s1. The van der Waals surface area contributed by atoms with Crippen LogP contribution in [0.25, 0.3) is 0 Å². The Labute approximate surface area is 120 Å². The fraction of sp³-hybridized carbons (Fsp3) is 0.923. The van der Waals surface area contributed by atoms with Gasteiger partial charge in [-0.25, -0.2) is 8.42 Å². The molecule has 2 saturated heterocycles. The molecule has 2 rings (SSSR count). The number of carbonyl (C=O) groups is 1. The molecule has 6 nitrogen and oxygen atoms in total. The Morgan fingerprint density at radius 1 is 1.50 bits per heavy atom. The summed E-state index contributed by atoms with van der Waals surface area (Å²) in [5, 5.41) is 0. The van der Waals surface area contributed by atoms with Crippen LogP contribution in [0.15, 0.2) is 0 Å². The summed E-state index contributed by atoms with van der Waals surface area (Å²) in [6.45, 7) is 4.25. The van der Waals surface area contributed by atoms with Crippen molar-refractivity contribution in [3.8, 4) is 0 Å². The molecule has 0 aromatic heterocycles. The summed E-state index contributed by atoms with van der Waals surface area (Å²) in [6, 6.07) is 0. The highest BCUT2D eigenvalue weighted by Gasteiger charge is 2.44. The lowest BCUT2D eigenvalue weighted by Crippen LogP contribution is -2.51. The largest absolute Gasteiger partial charge is 0.376 e. The SMILES string of the molecule is CCO[C@@H]1CO[C@]2(CCCN(C(=O)CS(C)(=O)=O)C2)C1. The summed E-state index contributed by atoms with van der Waals surface area (Å²) in [7, 11) is -3.28. The minimum absolute atomic E-state index is 0.0879. The van der Waals surface area contributed by atoms with Crippen molar-refractivity contribution in [2.24, 2.45) is 0 Å². The van der Waals surface area contributed by atoms with E-state index in [1.165, 1.54) is 0 Å². The van der Waals surface area contributed by atoms with Gasteiger partial charge in [-0.05, 0) is 19.8 Å². The first-order chi connectivity index (χ1) is 9.34. The number of likely N-dealkylation sites (tertiary alicyclic amines) is 1. The molecule has 1 spiro atoms. The smallest absolute Gasteiger partial charge is 0.237 e. The fourth-order valence-electron chi connectivity index (χ4n) is 3.06. The highest BCUT2D eigenvalue weighted by Crippen LogP contribution is 2.35. The number of ether oxygens (including phenoxy) is 2. The molecule has 2 aliphatic heterocycles. The molecule has 0 unspecified atom stereocenters. The molecule has 2 heterocycles.